The number of aliphatic carboxylic acids is 1. The average molecular weight is 357 g/mol. The van der Waals surface area contributed by atoms with Crippen molar-refractivity contribution in [3.05, 3.63) is 35.4 Å². The molecule has 6 heteroatoms. The van der Waals surface area contributed by atoms with Crippen LogP contribution >= 0.6 is 0 Å². The fourth-order valence-electron chi connectivity index (χ4n) is 5.21. The second-order valence-corrected chi connectivity index (χ2v) is 7.84. The summed E-state index contributed by atoms with van der Waals surface area (Å²) < 4.78 is 0. The van der Waals surface area contributed by atoms with E-state index in [1.165, 1.54) is 0 Å². The lowest BCUT2D eigenvalue weighted by Crippen LogP contribution is -2.41. The Morgan fingerprint density at radius 2 is 2.19 bits per heavy atom. The normalized spacial score (nSPS) is 32.3. The van der Waals surface area contributed by atoms with Crippen LogP contribution in [0.2, 0.25) is 0 Å². The number of carboxylic acids is 1. The largest absolute Gasteiger partial charge is 0.508 e. The zero-order valence-corrected chi connectivity index (χ0v) is 14.7. The van der Waals surface area contributed by atoms with E-state index in [2.05, 4.69) is 18.5 Å². The van der Waals surface area contributed by atoms with Crippen LogP contribution in [0.1, 0.15) is 49.7 Å². The Morgan fingerprint density at radius 3 is 2.96 bits per heavy atom. The van der Waals surface area contributed by atoms with E-state index in [-0.39, 0.29) is 23.0 Å². The van der Waals surface area contributed by atoms with E-state index in [1.54, 1.807) is 12.1 Å². The van der Waals surface area contributed by atoms with Crippen LogP contribution in [0.5, 0.6) is 5.75 Å². The monoisotopic (exact) mass is 357 g/mol. The SMILES string of the molecule is C[C@]12CC[C@@H]3c4ccc(O)cc4C(NOCC(=O)O)=C[C@H]3[C@@H]1CCC2=O. The van der Waals surface area contributed by atoms with Crippen LogP contribution in [-0.4, -0.2) is 28.6 Å². The molecule has 0 unspecified atom stereocenters. The van der Waals surface area contributed by atoms with Gasteiger partial charge in [0.15, 0.2) is 6.61 Å². The van der Waals surface area contributed by atoms with Crippen molar-refractivity contribution in [1.29, 1.82) is 0 Å². The summed E-state index contributed by atoms with van der Waals surface area (Å²) in [5.41, 5.74) is 5.12. The van der Waals surface area contributed by atoms with Gasteiger partial charge in [0.1, 0.15) is 11.5 Å². The Hall–Kier alpha value is -2.34. The third kappa shape index (κ3) is 2.60. The number of Topliss-reactive ketones (excluding diaryl/α,β-unsaturated/α-hetero) is 1. The maximum atomic E-state index is 12.5. The minimum atomic E-state index is -1.06. The summed E-state index contributed by atoms with van der Waals surface area (Å²) in [6, 6.07) is 5.31. The first kappa shape index (κ1) is 17.1. The Kier molecular flexibility index (Phi) is 4.03. The van der Waals surface area contributed by atoms with Gasteiger partial charge < -0.3 is 10.2 Å². The first-order valence-electron chi connectivity index (χ1n) is 9.08. The summed E-state index contributed by atoms with van der Waals surface area (Å²) in [4.78, 5) is 28.3. The average Bonchev–Trinajstić information content (AvgIpc) is 2.90. The van der Waals surface area contributed by atoms with Crippen LogP contribution in [0.3, 0.4) is 0 Å². The molecule has 3 aliphatic carbocycles. The number of phenols is 1. The minimum Gasteiger partial charge on any atom is -0.508 e. The van der Waals surface area contributed by atoms with Crippen LogP contribution in [0.25, 0.3) is 5.70 Å². The lowest BCUT2D eigenvalue weighted by molar-refractivity contribution is -0.144. The maximum Gasteiger partial charge on any atom is 0.332 e. The molecule has 0 radical (unpaired) electrons. The molecule has 6 nitrogen and oxygen atoms in total. The Morgan fingerprint density at radius 1 is 1.38 bits per heavy atom. The molecule has 4 atom stereocenters. The standard InChI is InChI=1S/C20H23NO5/c1-20-7-6-13-12-3-2-11(22)8-15(12)17(21-26-10-19(24)25)9-14(13)16(20)4-5-18(20)23/h2-3,8-9,13-14,16,21-22H,4-7,10H2,1H3,(H,24,25)/t13-,14-,16+,20+/m1/s1. The van der Waals surface area contributed by atoms with E-state index in [4.69, 9.17) is 9.94 Å². The summed E-state index contributed by atoms with van der Waals surface area (Å²) in [5, 5.41) is 18.7. The van der Waals surface area contributed by atoms with E-state index in [9.17, 15) is 14.7 Å². The number of rotatable bonds is 4. The molecule has 26 heavy (non-hydrogen) atoms. The highest BCUT2D eigenvalue weighted by Crippen LogP contribution is 2.59. The molecule has 138 valence electrons. The van der Waals surface area contributed by atoms with Crippen LogP contribution in [0.4, 0.5) is 0 Å². The second-order valence-electron chi connectivity index (χ2n) is 7.84. The number of fused-ring (bicyclic) bond motifs is 5. The second kappa shape index (κ2) is 6.13. The number of carboxylic acid groups (broad SMARTS) is 1. The third-order valence-electron chi connectivity index (χ3n) is 6.51. The zero-order valence-electron chi connectivity index (χ0n) is 14.7. The van der Waals surface area contributed by atoms with Gasteiger partial charge in [-0.3, -0.25) is 15.1 Å². The highest BCUT2D eigenvalue weighted by atomic mass is 16.7. The zero-order chi connectivity index (χ0) is 18.5. The summed E-state index contributed by atoms with van der Waals surface area (Å²) in [6.07, 6.45) is 5.43. The molecular weight excluding hydrogens is 334 g/mol. The molecule has 0 heterocycles. The van der Waals surface area contributed by atoms with Crippen molar-refractivity contribution in [1.82, 2.24) is 5.48 Å². The van der Waals surface area contributed by atoms with Crippen molar-refractivity contribution < 1.29 is 24.6 Å². The van der Waals surface area contributed by atoms with Gasteiger partial charge in [-0.1, -0.05) is 19.1 Å². The number of benzene rings is 1. The van der Waals surface area contributed by atoms with Gasteiger partial charge in [-0.2, -0.15) is 0 Å². The molecule has 2 fully saturated rings. The number of hydroxylamine groups is 1. The van der Waals surface area contributed by atoms with Crippen LogP contribution in [0, 0.1) is 17.3 Å². The molecule has 0 aromatic heterocycles. The number of nitrogens with one attached hydrogen (secondary N) is 1. The number of hydrogen-bond donors (Lipinski definition) is 3. The molecule has 2 saturated carbocycles. The molecule has 0 amide bonds. The van der Waals surface area contributed by atoms with Gasteiger partial charge in [0.2, 0.25) is 0 Å². The summed E-state index contributed by atoms with van der Waals surface area (Å²) in [7, 11) is 0. The van der Waals surface area contributed by atoms with Crippen molar-refractivity contribution in [2.45, 2.75) is 38.5 Å². The van der Waals surface area contributed by atoms with Crippen molar-refractivity contribution in [2.75, 3.05) is 6.61 Å². The number of allylic oxidation sites excluding steroid dienone is 1. The maximum absolute atomic E-state index is 12.5. The van der Waals surface area contributed by atoms with E-state index in [0.29, 0.717) is 23.8 Å². The number of hydrogen-bond acceptors (Lipinski definition) is 5. The molecular formula is C20H23NO5. The lowest BCUT2D eigenvalue weighted by Gasteiger charge is -2.47. The number of aromatic hydroxyl groups is 1. The minimum absolute atomic E-state index is 0.157. The fourth-order valence-corrected chi connectivity index (χ4v) is 5.21. The molecule has 1 aromatic carbocycles. The van der Waals surface area contributed by atoms with Gasteiger partial charge in [0.05, 0.1) is 5.70 Å². The smallest absolute Gasteiger partial charge is 0.332 e. The molecule has 3 aliphatic rings. The number of ketones is 1. The molecule has 0 saturated heterocycles. The van der Waals surface area contributed by atoms with Crippen molar-refractivity contribution >= 4 is 17.4 Å². The lowest BCUT2D eigenvalue weighted by atomic mass is 9.57. The first-order valence-corrected chi connectivity index (χ1v) is 9.08. The Balaban J connectivity index is 1.72. The Bertz CT molecular complexity index is 801. The predicted octanol–water partition coefficient (Wildman–Crippen LogP) is 2.83. The van der Waals surface area contributed by atoms with Gasteiger partial charge in [-0.25, -0.2) is 4.79 Å². The molecule has 0 spiro atoms. The molecule has 0 bridgehead atoms. The quantitative estimate of drug-likeness (QED) is 0.717. The van der Waals surface area contributed by atoms with Crippen molar-refractivity contribution in [3.63, 3.8) is 0 Å². The van der Waals surface area contributed by atoms with Gasteiger partial charge in [-0.15, -0.1) is 0 Å². The molecule has 0 aliphatic heterocycles. The molecule has 1 aromatic rings. The fraction of sp³-hybridized carbons (Fsp3) is 0.500. The van der Waals surface area contributed by atoms with Crippen molar-refractivity contribution in [3.8, 4) is 5.75 Å². The highest BCUT2D eigenvalue weighted by molar-refractivity contribution is 5.87. The van der Waals surface area contributed by atoms with Crippen molar-refractivity contribution in [2.24, 2.45) is 17.3 Å². The van der Waals surface area contributed by atoms with Crippen LogP contribution < -0.4 is 5.48 Å². The van der Waals surface area contributed by atoms with Gasteiger partial charge in [-0.05, 0) is 54.7 Å². The first-order chi connectivity index (χ1) is 12.4. The van der Waals surface area contributed by atoms with Gasteiger partial charge >= 0.3 is 5.97 Å². The molecule has 3 N–H and O–H groups in total. The van der Waals surface area contributed by atoms with Gasteiger partial charge in [0.25, 0.3) is 0 Å². The third-order valence-corrected chi connectivity index (χ3v) is 6.51. The van der Waals surface area contributed by atoms with E-state index in [1.807, 2.05) is 6.07 Å². The highest BCUT2D eigenvalue weighted by Gasteiger charge is 2.54. The summed E-state index contributed by atoms with van der Waals surface area (Å²) in [5.74, 6) is 0.251. The number of carbonyl (C=O) groups excluding carboxylic acids is 1. The van der Waals surface area contributed by atoms with Crippen LogP contribution in [-0.2, 0) is 14.4 Å². The van der Waals surface area contributed by atoms with Crippen LogP contribution in [0.15, 0.2) is 24.3 Å². The van der Waals surface area contributed by atoms with E-state index >= 15 is 0 Å². The van der Waals surface area contributed by atoms with E-state index in [0.717, 1.165) is 30.4 Å². The predicted molar refractivity (Wildman–Crippen MR) is 94.1 cm³/mol. The topological polar surface area (TPSA) is 95.9 Å². The number of phenolic OH excluding ortho intramolecular Hbond substituents is 1. The Labute approximate surface area is 151 Å². The summed E-state index contributed by atoms with van der Waals surface area (Å²) >= 11 is 0. The number of carbonyl (C=O) groups is 2. The molecule has 4 rings (SSSR count). The van der Waals surface area contributed by atoms with Gasteiger partial charge in [0, 0.05) is 17.4 Å². The van der Waals surface area contributed by atoms with E-state index < -0.39 is 12.6 Å². The summed E-state index contributed by atoms with van der Waals surface area (Å²) in [6.45, 7) is 1.64.